The zero-order valence-corrected chi connectivity index (χ0v) is 18.0. The molecule has 0 bridgehead atoms. The van der Waals surface area contributed by atoms with E-state index in [4.69, 9.17) is 4.74 Å². The fourth-order valence-electron chi connectivity index (χ4n) is 3.92. The first-order valence-electron chi connectivity index (χ1n) is 10.1. The van der Waals surface area contributed by atoms with E-state index in [1.807, 2.05) is 72.8 Å². The summed E-state index contributed by atoms with van der Waals surface area (Å²) in [5.74, 6) is -0.313. The van der Waals surface area contributed by atoms with Gasteiger partial charge in [-0.15, -0.1) is 0 Å². The highest BCUT2D eigenvalue weighted by atomic mass is 32.2. The normalized spacial score (nSPS) is 21.4. The van der Waals surface area contributed by atoms with Gasteiger partial charge in [0.15, 0.2) is 0 Å². The molecule has 0 aliphatic carbocycles. The Bertz CT molecular complexity index is 1250. The average molecular weight is 462 g/mol. The molecule has 3 aromatic rings. The van der Waals surface area contributed by atoms with Gasteiger partial charge in [-0.2, -0.15) is 21.6 Å². The third-order valence-corrected chi connectivity index (χ3v) is 6.55. The fourth-order valence-corrected chi connectivity index (χ4v) is 4.45. The number of benzene rings is 3. The standard InChI is InChI=1S/C24H21F3O4S/c1-16(31-32(28,29)24(25,26)27)21-13-14-22(18-8-3-2-4-9-18)30-23(21)20-12-11-17-7-5-6-10-19(17)15-20/h2-12,15,22-23H,13-14H2,1H3/b21-16-. The number of hydrogen-bond donors (Lipinski definition) is 0. The smallest absolute Gasteiger partial charge is 0.381 e. The van der Waals surface area contributed by atoms with Gasteiger partial charge in [0.05, 0.1) is 6.10 Å². The van der Waals surface area contributed by atoms with Crippen LogP contribution in [0.1, 0.15) is 43.1 Å². The van der Waals surface area contributed by atoms with Crippen molar-refractivity contribution < 1.29 is 30.5 Å². The van der Waals surface area contributed by atoms with Gasteiger partial charge in [-0.1, -0.05) is 66.7 Å². The van der Waals surface area contributed by atoms with E-state index in [0.717, 1.165) is 16.3 Å². The first kappa shape index (κ1) is 22.4. The Morgan fingerprint density at radius 3 is 2.28 bits per heavy atom. The van der Waals surface area contributed by atoms with Crippen LogP contribution in [0, 0.1) is 0 Å². The number of alkyl halides is 3. The summed E-state index contributed by atoms with van der Waals surface area (Å²) in [6.45, 7) is 1.23. The summed E-state index contributed by atoms with van der Waals surface area (Å²) in [5, 5.41) is 1.95. The molecular formula is C24H21F3O4S. The van der Waals surface area contributed by atoms with Crippen molar-refractivity contribution in [3.8, 4) is 0 Å². The van der Waals surface area contributed by atoms with Gasteiger partial charge in [-0.05, 0) is 47.7 Å². The van der Waals surface area contributed by atoms with Crippen LogP contribution in [0.3, 0.4) is 0 Å². The minimum absolute atomic E-state index is 0.288. The molecule has 1 aliphatic heterocycles. The number of hydrogen-bond acceptors (Lipinski definition) is 4. The van der Waals surface area contributed by atoms with E-state index in [0.29, 0.717) is 24.0 Å². The molecule has 0 N–H and O–H groups in total. The molecule has 4 rings (SSSR count). The molecule has 1 saturated heterocycles. The predicted molar refractivity (Wildman–Crippen MR) is 115 cm³/mol. The van der Waals surface area contributed by atoms with Crippen LogP contribution in [-0.4, -0.2) is 13.9 Å². The molecule has 3 aromatic carbocycles. The van der Waals surface area contributed by atoms with E-state index in [2.05, 4.69) is 4.18 Å². The van der Waals surface area contributed by atoms with Gasteiger partial charge in [0.1, 0.15) is 11.9 Å². The lowest BCUT2D eigenvalue weighted by atomic mass is 9.89. The first-order chi connectivity index (χ1) is 15.2. The Hall–Kier alpha value is -2.84. The molecule has 32 heavy (non-hydrogen) atoms. The minimum atomic E-state index is -5.77. The highest BCUT2D eigenvalue weighted by Crippen LogP contribution is 2.44. The van der Waals surface area contributed by atoms with E-state index < -0.39 is 21.7 Å². The van der Waals surface area contributed by atoms with Gasteiger partial charge in [0, 0.05) is 5.57 Å². The summed E-state index contributed by atoms with van der Waals surface area (Å²) >= 11 is 0. The molecule has 0 radical (unpaired) electrons. The third kappa shape index (κ3) is 4.52. The topological polar surface area (TPSA) is 52.6 Å². The van der Waals surface area contributed by atoms with Gasteiger partial charge in [-0.3, -0.25) is 0 Å². The van der Waals surface area contributed by atoms with Crippen LogP contribution in [0.4, 0.5) is 13.2 Å². The van der Waals surface area contributed by atoms with Crippen LogP contribution < -0.4 is 0 Å². The van der Waals surface area contributed by atoms with Crippen LogP contribution in [0.5, 0.6) is 0 Å². The van der Waals surface area contributed by atoms with Crippen molar-refractivity contribution in [1.82, 2.24) is 0 Å². The van der Waals surface area contributed by atoms with Gasteiger partial charge in [0.2, 0.25) is 0 Å². The van der Waals surface area contributed by atoms with Gasteiger partial charge >= 0.3 is 15.6 Å². The lowest BCUT2D eigenvalue weighted by Gasteiger charge is -2.34. The summed E-state index contributed by atoms with van der Waals surface area (Å²) in [6.07, 6.45) is -0.225. The van der Waals surface area contributed by atoms with Crippen LogP contribution in [-0.2, 0) is 19.0 Å². The maximum absolute atomic E-state index is 12.9. The second-order valence-corrected chi connectivity index (χ2v) is 9.16. The van der Waals surface area contributed by atoms with Crippen molar-refractivity contribution in [2.45, 2.75) is 37.5 Å². The molecule has 0 amide bonds. The minimum Gasteiger partial charge on any atom is -0.381 e. The van der Waals surface area contributed by atoms with Crippen LogP contribution in [0.25, 0.3) is 10.8 Å². The second-order valence-electron chi connectivity index (χ2n) is 7.63. The van der Waals surface area contributed by atoms with Crippen molar-refractivity contribution in [1.29, 1.82) is 0 Å². The number of ether oxygens (including phenoxy) is 1. The quantitative estimate of drug-likeness (QED) is 0.250. The maximum Gasteiger partial charge on any atom is 0.534 e. The Balaban J connectivity index is 1.76. The molecule has 2 unspecified atom stereocenters. The number of allylic oxidation sites excluding steroid dienone is 1. The molecule has 0 saturated carbocycles. The lowest BCUT2D eigenvalue weighted by molar-refractivity contribution is -0.0530. The van der Waals surface area contributed by atoms with Gasteiger partial charge < -0.3 is 8.92 Å². The zero-order valence-electron chi connectivity index (χ0n) is 17.2. The molecule has 4 nitrogen and oxygen atoms in total. The lowest BCUT2D eigenvalue weighted by Crippen LogP contribution is -2.26. The summed E-state index contributed by atoms with van der Waals surface area (Å²) in [7, 11) is -5.77. The fraction of sp³-hybridized carbons (Fsp3) is 0.250. The van der Waals surface area contributed by atoms with Gasteiger partial charge in [-0.25, -0.2) is 0 Å². The number of rotatable bonds is 4. The zero-order chi connectivity index (χ0) is 22.9. The largest absolute Gasteiger partial charge is 0.534 e. The highest BCUT2D eigenvalue weighted by Gasteiger charge is 2.49. The van der Waals surface area contributed by atoms with Crippen LogP contribution in [0.15, 0.2) is 84.1 Å². The Morgan fingerprint density at radius 2 is 1.59 bits per heavy atom. The van der Waals surface area contributed by atoms with Gasteiger partial charge in [0.25, 0.3) is 0 Å². The Morgan fingerprint density at radius 1 is 0.938 bits per heavy atom. The molecule has 2 atom stereocenters. The van der Waals surface area contributed by atoms with Crippen molar-refractivity contribution in [2.75, 3.05) is 0 Å². The van der Waals surface area contributed by atoms with Crippen LogP contribution >= 0.6 is 0 Å². The molecule has 1 fully saturated rings. The third-order valence-electron chi connectivity index (χ3n) is 5.51. The summed E-state index contributed by atoms with van der Waals surface area (Å²) in [4.78, 5) is 0. The Labute approximate surface area is 184 Å². The van der Waals surface area contributed by atoms with E-state index in [1.165, 1.54) is 6.92 Å². The van der Waals surface area contributed by atoms with E-state index in [1.54, 1.807) is 0 Å². The van der Waals surface area contributed by atoms with Crippen molar-refractivity contribution in [3.63, 3.8) is 0 Å². The summed E-state index contributed by atoms with van der Waals surface area (Å²) < 4.78 is 72.6. The molecule has 0 aromatic heterocycles. The van der Waals surface area contributed by atoms with Crippen molar-refractivity contribution in [2.24, 2.45) is 0 Å². The van der Waals surface area contributed by atoms with Crippen LogP contribution in [0.2, 0.25) is 0 Å². The van der Waals surface area contributed by atoms with E-state index >= 15 is 0 Å². The summed E-state index contributed by atoms with van der Waals surface area (Å²) in [5.41, 5.74) is -3.47. The monoisotopic (exact) mass is 462 g/mol. The summed E-state index contributed by atoms with van der Waals surface area (Å²) in [6, 6.07) is 22.8. The molecule has 0 spiro atoms. The maximum atomic E-state index is 12.9. The molecule has 8 heteroatoms. The number of halogens is 3. The van der Waals surface area contributed by atoms with Crippen molar-refractivity contribution >= 4 is 20.9 Å². The van der Waals surface area contributed by atoms with Crippen molar-refractivity contribution in [3.05, 3.63) is 95.3 Å². The molecule has 1 heterocycles. The SMILES string of the molecule is C/C(OS(=O)(=O)C(F)(F)F)=C1\CCC(c2ccccc2)OC1c1ccc2ccccc2c1. The molecular weight excluding hydrogens is 441 g/mol. The first-order valence-corrected chi connectivity index (χ1v) is 11.5. The highest BCUT2D eigenvalue weighted by molar-refractivity contribution is 7.87. The van der Waals surface area contributed by atoms with E-state index in [9.17, 15) is 21.6 Å². The van der Waals surface area contributed by atoms with E-state index in [-0.39, 0.29) is 11.9 Å². The number of fused-ring (bicyclic) bond motifs is 1. The predicted octanol–water partition coefficient (Wildman–Crippen LogP) is 6.57. The molecule has 168 valence electrons. The Kier molecular flexibility index (Phi) is 6.01. The molecule has 1 aliphatic rings. The average Bonchev–Trinajstić information content (AvgIpc) is 2.78. The second kappa shape index (κ2) is 8.60.